The Morgan fingerprint density at radius 3 is 2.07 bits per heavy atom. The number of rotatable bonds is 6. The van der Waals surface area contributed by atoms with Gasteiger partial charge in [-0.3, -0.25) is 24.3 Å². The Labute approximate surface area is 168 Å². The van der Waals surface area contributed by atoms with E-state index in [1.54, 1.807) is 12.1 Å². The monoisotopic (exact) mass is 385 g/mol. The van der Waals surface area contributed by atoms with Gasteiger partial charge >= 0.3 is 0 Å². The Morgan fingerprint density at radius 2 is 1.48 bits per heavy atom. The smallest absolute Gasteiger partial charge is 0.280 e. The molecule has 0 bridgehead atoms. The lowest BCUT2D eigenvalue weighted by Crippen LogP contribution is -2.39. The fourth-order valence-corrected chi connectivity index (χ4v) is 3.50. The van der Waals surface area contributed by atoms with Crippen molar-refractivity contribution in [2.45, 2.75) is 5.92 Å². The second-order valence-electron chi connectivity index (χ2n) is 6.71. The van der Waals surface area contributed by atoms with Crippen molar-refractivity contribution in [2.24, 2.45) is 0 Å². The summed E-state index contributed by atoms with van der Waals surface area (Å²) in [5.74, 6) is -1.46. The number of amides is 3. The van der Waals surface area contributed by atoms with Gasteiger partial charge in [-0.05, 0) is 23.3 Å². The third-order valence-corrected chi connectivity index (χ3v) is 4.89. The maximum Gasteiger partial charge on any atom is 0.280 e. The molecule has 6 heteroatoms. The molecule has 1 N–H and O–H groups in total. The van der Waals surface area contributed by atoms with Crippen LogP contribution < -0.4 is 5.32 Å². The maximum absolute atomic E-state index is 13.0. The summed E-state index contributed by atoms with van der Waals surface area (Å²) in [6, 6.07) is 22.2. The minimum Gasteiger partial charge on any atom is -0.353 e. The second-order valence-corrected chi connectivity index (χ2v) is 6.71. The van der Waals surface area contributed by atoms with Crippen molar-refractivity contribution in [1.82, 2.24) is 15.2 Å². The first-order chi connectivity index (χ1) is 14.2. The number of hydrogen-bond donors (Lipinski definition) is 1. The van der Waals surface area contributed by atoms with Crippen molar-refractivity contribution >= 4 is 17.7 Å². The molecule has 0 saturated heterocycles. The first-order valence-corrected chi connectivity index (χ1v) is 9.35. The number of benzene rings is 2. The number of carbonyl (C=O) groups is 3. The molecule has 0 aliphatic carbocycles. The normalized spacial score (nSPS) is 12.9. The van der Waals surface area contributed by atoms with E-state index >= 15 is 0 Å². The Morgan fingerprint density at radius 1 is 0.862 bits per heavy atom. The number of aromatic nitrogens is 1. The molecular weight excluding hydrogens is 366 g/mol. The summed E-state index contributed by atoms with van der Waals surface area (Å²) in [4.78, 5) is 42.9. The number of nitrogens with zero attached hydrogens (tertiary/aromatic N) is 2. The van der Waals surface area contributed by atoms with E-state index in [1.165, 1.54) is 6.20 Å². The predicted octanol–water partition coefficient (Wildman–Crippen LogP) is 2.63. The van der Waals surface area contributed by atoms with Crippen LogP contribution in [0, 0.1) is 0 Å². The van der Waals surface area contributed by atoms with Crippen LogP contribution in [0.4, 0.5) is 0 Å². The molecule has 2 heterocycles. The lowest BCUT2D eigenvalue weighted by atomic mass is 9.90. The van der Waals surface area contributed by atoms with Gasteiger partial charge in [0.05, 0.1) is 11.5 Å². The number of carbonyl (C=O) groups excluding carboxylic acids is 3. The highest BCUT2D eigenvalue weighted by molar-refractivity contribution is 6.20. The lowest BCUT2D eigenvalue weighted by molar-refractivity contribution is -0.121. The van der Waals surface area contributed by atoms with Gasteiger partial charge in [0.25, 0.3) is 11.8 Å². The molecule has 0 spiro atoms. The minimum atomic E-state index is -0.471. The summed E-state index contributed by atoms with van der Waals surface area (Å²) in [7, 11) is 0. The van der Waals surface area contributed by atoms with E-state index in [4.69, 9.17) is 0 Å². The highest BCUT2D eigenvalue weighted by Gasteiger charge is 2.36. The van der Waals surface area contributed by atoms with Crippen molar-refractivity contribution in [3.8, 4) is 0 Å². The van der Waals surface area contributed by atoms with Gasteiger partial charge in [0.15, 0.2) is 0 Å². The summed E-state index contributed by atoms with van der Waals surface area (Å²) < 4.78 is 0. The quantitative estimate of drug-likeness (QED) is 0.662. The molecule has 3 aromatic rings. The van der Waals surface area contributed by atoms with Crippen LogP contribution in [0.1, 0.15) is 37.9 Å². The first-order valence-electron chi connectivity index (χ1n) is 9.35. The molecule has 3 amide bonds. The van der Waals surface area contributed by atoms with Crippen LogP contribution in [-0.4, -0.2) is 40.7 Å². The van der Waals surface area contributed by atoms with E-state index in [9.17, 15) is 14.4 Å². The summed E-state index contributed by atoms with van der Waals surface area (Å²) >= 11 is 0. The SMILES string of the molecule is O=C(NCCN1C(=O)c2cccnc2C1=O)C(c1ccccc1)c1ccccc1. The van der Waals surface area contributed by atoms with E-state index < -0.39 is 11.8 Å². The van der Waals surface area contributed by atoms with Crippen LogP contribution in [0.3, 0.4) is 0 Å². The van der Waals surface area contributed by atoms with Gasteiger partial charge in [0.2, 0.25) is 5.91 Å². The second kappa shape index (κ2) is 8.06. The van der Waals surface area contributed by atoms with Gasteiger partial charge in [-0.1, -0.05) is 60.7 Å². The van der Waals surface area contributed by atoms with E-state index in [2.05, 4.69) is 10.3 Å². The van der Waals surface area contributed by atoms with E-state index in [0.29, 0.717) is 5.56 Å². The summed E-state index contributed by atoms with van der Waals surface area (Å²) in [6.45, 7) is 0.260. The van der Waals surface area contributed by atoms with Crippen molar-refractivity contribution in [2.75, 3.05) is 13.1 Å². The molecule has 0 radical (unpaired) electrons. The Hall–Kier alpha value is -3.80. The van der Waals surface area contributed by atoms with Crippen LogP contribution in [-0.2, 0) is 4.79 Å². The molecule has 29 heavy (non-hydrogen) atoms. The molecule has 6 nitrogen and oxygen atoms in total. The summed E-state index contributed by atoms with van der Waals surface area (Å²) in [6.07, 6.45) is 1.49. The van der Waals surface area contributed by atoms with Gasteiger partial charge < -0.3 is 5.32 Å². The number of hydrogen-bond acceptors (Lipinski definition) is 4. The Bertz CT molecular complexity index is 977. The van der Waals surface area contributed by atoms with Crippen molar-refractivity contribution in [3.05, 3.63) is 101 Å². The Kier molecular flexibility index (Phi) is 5.16. The van der Waals surface area contributed by atoms with Gasteiger partial charge in [-0.25, -0.2) is 0 Å². The molecule has 0 atom stereocenters. The maximum atomic E-state index is 13.0. The molecule has 2 aromatic carbocycles. The molecule has 0 saturated carbocycles. The zero-order valence-corrected chi connectivity index (χ0v) is 15.6. The number of pyridine rings is 1. The standard InChI is InChI=1S/C23H19N3O3/c27-21(19(16-8-3-1-4-9-16)17-10-5-2-6-11-17)25-14-15-26-22(28)18-12-7-13-24-20(18)23(26)29/h1-13,19H,14-15H2,(H,25,27). The molecule has 1 aliphatic heterocycles. The molecule has 1 aliphatic rings. The average molecular weight is 385 g/mol. The number of imide groups is 1. The fraction of sp³-hybridized carbons (Fsp3) is 0.130. The molecule has 1 aromatic heterocycles. The van der Waals surface area contributed by atoms with Crippen LogP contribution in [0.2, 0.25) is 0 Å². The van der Waals surface area contributed by atoms with Crippen molar-refractivity contribution < 1.29 is 14.4 Å². The van der Waals surface area contributed by atoms with Crippen molar-refractivity contribution in [3.63, 3.8) is 0 Å². The molecular formula is C23H19N3O3. The molecule has 0 unspecified atom stereocenters. The van der Waals surface area contributed by atoms with Crippen molar-refractivity contribution in [1.29, 1.82) is 0 Å². The highest BCUT2D eigenvalue weighted by atomic mass is 16.2. The molecule has 4 rings (SSSR count). The van der Waals surface area contributed by atoms with Gasteiger partial charge in [0.1, 0.15) is 5.69 Å². The fourth-order valence-electron chi connectivity index (χ4n) is 3.50. The average Bonchev–Trinajstić information content (AvgIpc) is 3.01. The Balaban J connectivity index is 1.46. The predicted molar refractivity (Wildman–Crippen MR) is 107 cm³/mol. The lowest BCUT2D eigenvalue weighted by Gasteiger charge is -2.19. The molecule has 0 fully saturated rings. The third-order valence-electron chi connectivity index (χ3n) is 4.89. The number of fused-ring (bicyclic) bond motifs is 1. The van der Waals surface area contributed by atoms with E-state index in [-0.39, 0.29) is 30.6 Å². The minimum absolute atomic E-state index is 0.0933. The van der Waals surface area contributed by atoms with Crippen LogP contribution >= 0.6 is 0 Å². The molecule has 144 valence electrons. The summed E-state index contributed by atoms with van der Waals surface area (Å²) in [5.41, 5.74) is 2.22. The largest absolute Gasteiger partial charge is 0.353 e. The van der Waals surface area contributed by atoms with Crippen LogP contribution in [0.5, 0.6) is 0 Å². The van der Waals surface area contributed by atoms with E-state index in [1.807, 2.05) is 60.7 Å². The van der Waals surface area contributed by atoms with Gasteiger partial charge in [-0.15, -0.1) is 0 Å². The first kappa shape index (κ1) is 18.6. The highest BCUT2D eigenvalue weighted by Crippen LogP contribution is 2.25. The zero-order chi connectivity index (χ0) is 20.2. The third kappa shape index (κ3) is 3.65. The summed E-state index contributed by atoms with van der Waals surface area (Å²) in [5, 5.41) is 2.87. The van der Waals surface area contributed by atoms with Crippen LogP contribution in [0.25, 0.3) is 0 Å². The van der Waals surface area contributed by atoms with Gasteiger partial charge in [0, 0.05) is 19.3 Å². The topological polar surface area (TPSA) is 79.4 Å². The van der Waals surface area contributed by atoms with E-state index in [0.717, 1.165) is 16.0 Å². The zero-order valence-electron chi connectivity index (χ0n) is 15.6. The number of nitrogens with one attached hydrogen (secondary N) is 1. The van der Waals surface area contributed by atoms with Crippen LogP contribution in [0.15, 0.2) is 79.0 Å². The van der Waals surface area contributed by atoms with Gasteiger partial charge in [-0.2, -0.15) is 0 Å².